The van der Waals surface area contributed by atoms with E-state index in [0.29, 0.717) is 5.56 Å². The maximum Gasteiger partial charge on any atom is 0.186 e. The van der Waals surface area contributed by atoms with Crippen LogP contribution in [0.4, 0.5) is 5.69 Å². The lowest BCUT2D eigenvalue weighted by molar-refractivity contribution is 0.0951. The van der Waals surface area contributed by atoms with E-state index in [-0.39, 0.29) is 5.78 Å². The quantitative estimate of drug-likeness (QED) is 0.499. The largest absolute Gasteiger partial charge is 0.351 e. The fourth-order valence-corrected chi connectivity index (χ4v) is 6.19. The third kappa shape index (κ3) is 2.75. The Balaban J connectivity index is 1.78. The zero-order chi connectivity index (χ0) is 22.5. The van der Waals surface area contributed by atoms with E-state index in [9.17, 15) is 15.3 Å². The number of nitrogens with zero attached hydrogens (tertiary/aromatic N) is 3. The highest BCUT2D eigenvalue weighted by Crippen LogP contribution is 2.56. The maximum absolute atomic E-state index is 14.2. The molecule has 1 aromatic heterocycles. The molecule has 3 aromatic rings. The molecule has 32 heavy (non-hydrogen) atoms. The fourth-order valence-electron chi connectivity index (χ4n) is 5.26. The second-order valence-corrected chi connectivity index (χ2v) is 9.46. The molecule has 5 rings (SSSR count). The number of ketones is 1. The van der Waals surface area contributed by atoms with Gasteiger partial charge in [0.1, 0.15) is 6.04 Å². The van der Waals surface area contributed by atoms with Crippen molar-refractivity contribution in [3.8, 4) is 12.1 Å². The number of nitriles is 2. The van der Waals surface area contributed by atoms with Crippen LogP contribution in [0.15, 0.2) is 66.1 Å². The summed E-state index contributed by atoms with van der Waals surface area (Å²) >= 11 is 1.50. The monoisotopic (exact) mass is 435 g/mol. The van der Waals surface area contributed by atoms with Crippen LogP contribution in [0.5, 0.6) is 0 Å². The van der Waals surface area contributed by atoms with Crippen LogP contribution in [0.3, 0.4) is 0 Å². The average molecular weight is 436 g/mol. The molecular formula is C27H21N3OS. The molecule has 1 fully saturated rings. The van der Waals surface area contributed by atoms with Gasteiger partial charge in [-0.15, -0.1) is 11.3 Å². The molecule has 0 N–H and O–H groups in total. The Bertz CT molecular complexity index is 1310. The highest BCUT2D eigenvalue weighted by atomic mass is 32.1. The topological polar surface area (TPSA) is 67.9 Å². The number of Topliss-reactive ketones (excluding diaryl/α,β-unsaturated/α-hetero) is 1. The molecule has 4 nitrogen and oxygen atoms in total. The number of benzene rings is 2. The Morgan fingerprint density at radius 3 is 2.53 bits per heavy atom. The van der Waals surface area contributed by atoms with Gasteiger partial charge in [-0.05, 0) is 42.5 Å². The summed E-state index contributed by atoms with van der Waals surface area (Å²) in [7, 11) is 0. The summed E-state index contributed by atoms with van der Waals surface area (Å²) in [5.74, 6) is -0.616. The number of rotatable bonds is 3. The Labute approximate surface area is 191 Å². The molecule has 3 heterocycles. The van der Waals surface area contributed by atoms with E-state index in [1.807, 2.05) is 90.9 Å². The number of anilines is 1. The van der Waals surface area contributed by atoms with Crippen molar-refractivity contribution in [2.75, 3.05) is 4.90 Å². The van der Waals surface area contributed by atoms with Crippen molar-refractivity contribution in [3.05, 3.63) is 93.2 Å². The maximum atomic E-state index is 14.2. The molecular weight excluding hydrogens is 414 g/mol. The van der Waals surface area contributed by atoms with E-state index in [1.54, 1.807) is 0 Å². The van der Waals surface area contributed by atoms with Gasteiger partial charge in [-0.25, -0.2) is 0 Å². The molecule has 0 spiro atoms. The van der Waals surface area contributed by atoms with Crippen LogP contribution in [-0.4, -0.2) is 17.9 Å². The number of carbonyl (C=O) groups is 1. The molecule has 1 saturated heterocycles. The fraction of sp³-hybridized carbons (Fsp3) is 0.222. The van der Waals surface area contributed by atoms with Gasteiger partial charge in [0.05, 0.1) is 24.1 Å². The standard InChI is InChI=1S/C27H21N3OS/c1-17-9-11-20(18(2)14-17)26(31)25-24(22-8-5-13-32-22)27(15-28,16-29)23-12-10-19-6-3-4-7-21(19)30(23)25/h3-14,23-25H,1-2H3/t23-,24+,25-/m1/s1. The zero-order valence-corrected chi connectivity index (χ0v) is 18.6. The van der Waals surface area contributed by atoms with Crippen molar-refractivity contribution in [2.24, 2.45) is 5.41 Å². The minimum Gasteiger partial charge on any atom is -0.351 e. The molecule has 0 saturated carbocycles. The molecule has 156 valence electrons. The first-order chi connectivity index (χ1) is 15.5. The van der Waals surface area contributed by atoms with E-state index in [0.717, 1.165) is 27.3 Å². The number of thiophene rings is 1. The Hall–Kier alpha value is -3.67. The second-order valence-electron chi connectivity index (χ2n) is 8.48. The Kier molecular flexibility index (Phi) is 4.73. The first-order valence-corrected chi connectivity index (χ1v) is 11.4. The first kappa shape index (κ1) is 20.2. The van der Waals surface area contributed by atoms with Crippen LogP contribution in [-0.2, 0) is 0 Å². The molecule has 0 amide bonds. The summed E-state index contributed by atoms with van der Waals surface area (Å²) in [5, 5.41) is 22.7. The van der Waals surface area contributed by atoms with Crippen LogP contribution in [0.25, 0.3) is 6.08 Å². The van der Waals surface area contributed by atoms with Gasteiger partial charge in [0.15, 0.2) is 11.2 Å². The molecule has 0 bridgehead atoms. The van der Waals surface area contributed by atoms with Crippen molar-refractivity contribution < 1.29 is 4.79 Å². The summed E-state index contributed by atoms with van der Waals surface area (Å²) in [4.78, 5) is 17.1. The Morgan fingerprint density at radius 1 is 1.06 bits per heavy atom. The molecule has 2 aliphatic rings. The molecule has 5 heteroatoms. The normalized spacial score (nSPS) is 22.5. The highest BCUT2D eigenvalue weighted by molar-refractivity contribution is 7.10. The number of fused-ring (bicyclic) bond motifs is 3. The van der Waals surface area contributed by atoms with Crippen LogP contribution in [0, 0.1) is 41.9 Å². The third-order valence-electron chi connectivity index (χ3n) is 6.68. The number of aryl methyl sites for hydroxylation is 2. The van der Waals surface area contributed by atoms with Crippen LogP contribution in [0.1, 0.15) is 37.8 Å². The molecule has 0 radical (unpaired) electrons. The molecule has 3 atom stereocenters. The number of carbonyl (C=O) groups excluding carboxylic acids is 1. The van der Waals surface area contributed by atoms with E-state index in [2.05, 4.69) is 12.1 Å². The second kappa shape index (κ2) is 7.48. The molecule has 0 aliphatic carbocycles. The summed E-state index contributed by atoms with van der Waals surface area (Å²) in [5.41, 5.74) is 3.13. The summed E-state index contributed by atoms with van der Waals surface area (Å²) < 4.78 is 0. The van der Waals surface area contributed by atoms with Gasteiger partial charge in [0.25, 0.3) is 0 Å². The summed E-state index contributed by atoms with van der Waals surface area (Å²) in [6.07, 6.45) is 3.89. The number of hydrogen-bond acceptors (Lipinski definition) is 5. The van der Waals surface area contributed by atoms with Crippen molar-refractivity contribution in [3.63, 3.8) is 0 Å². The van der Waals surface area contributed by atoms with Gasteiger partial charge in [-0.1, -0.05) is 60.2 Å². The Morgan fingerprint density at radius 2 is 1.84 bits per heavy atom. The van der Waals surface area contributed by atoms with Crippen LogP contribution >= 0.6 is 11.3 Å². The third-order valence-corrected chi connectivity index (χ3v) is 7.64. The number of hydrogen-bond donors (Lipinski definition) is 0. The average Bonchev–Trinajstić information content (AvgIpc) is 3.43. The lowest BCUT2D eigenvalue weighted by atomic mass is 9.71. The highest BCUT2D eigenvalue weighted by Gasteiger charge is 2.63. The number of para-hydroxylation sites is 1. The minimum absolute atomic E-state index is 0.0524. The first-order valence-electron chi connectivity index (χ1n) is 10.5. The molecule has 2 aromatic carbocycles. The molecule has 2 aliphatic heterocycles. The van der Waals surface area contributed by atoms with Gasteiger partial charge >= 0.3 is 0 Å². The van der Waals surface area contributed by atoms with Gasteiger partial charge in [-0.3, -0.25) is 4.79 Å². The van der Waals surface area contributed by atoms with Gasteiger partial charge in [-0.2, -0.15) is 10.5 Å². The van der Waals surface area contributed by atoms with E-state index in [1.165, 1.54) is 11.3 Å². The predicted molar refractivity (Wildman–Crippen MR) is 126 cm³/mol. The van der Waals surface area contributed by atoms with Crippen molar-refractivity contribution >= 4 is 28.9 Å². The van der Waals surface area contributed by atoms with Crippen molar-refractivity contribution in [2.45, 2.75) is 31.8 Å². The van der Waals surface area contributed by atoms with Crippen LogP contribution in [0.2, 0.25) is 0 Å². The summed E-state index contributed by atoms with van der Waals surface area (Å²) in [6, 6.07) is 21.1. The lowest BCUT2D eigenvalue weighted by Crippen LogP contribution is -2.44. The summed E-state index contributed by atoms with van der Waals surface area (Å²) in [6.45, 7) is 3.95. The van der Waals surface area contributed by atoms with Gasteiger partial charge < -0.3 is 4.90 Å². The molecule has 0 unspecified atom stereocenters. The van der Waals surface area contributed by atoms with E-state index >= 15 is 0 Å². The smallest absolute Gasteiger partial charge is 0.186 e. The SMILES string of the molecule is Cc1ccc(C(=O)[C@H]2[C@H](c3cccs3)C(C#N)(C#N)[C@H]3C=Cc4ccccc4N23)c(C)c1. The predicted octanol–water partition coefficient (Wildman–Crippen LogP) is 5.65. The van der Waals surface area contributed by atoms with Crippen LogP contribution < -0.4 is 4.90 Å². The minimum atomic E-state index is -1.38. The van der Waals surface area contributed by atoms with Crippen molar-refractivity contribution in [1.29, 1.82) is 10.5 Å². The van der Waals surface area contributed by atoms with E-state index in [4.69, 9.17) is 0 Å². The van der Waals surface area contributed by atoms with Crippen molar-refractivity contribution in [1.82, 2.24) is 0 Å². The van der Waals surface area contributed by atoms with Gasteiger partial charge in [0, 0.05) is 16.1 Å². The van der Waals surface area contributed by atoms with E-state index < -0.39 is 23.4 Å². The lowest BCUT2D eigenvalue weighted by Gasteiger charge is -2.35. The zero-order valence-electron chi connectivity index (χ0n) is 17.8. The van der Waals surface area contributed by atoms with Gasteiger partial charge in [0.2, 0.25) is 0 Å².